The Morgan fingerprint density at radius 2 is 2.16 bits per heavy atom. The van der Waals surface area contributed by atoms with E-state index in [1.807, 2.05) is 6.92 Å². The minimum atomic E-state index is -0.437. The van der Waals surface area contributed by atoms with Crippen LogP contribution in [0, 0.1) is 19.3 Å². The van der Waals surface area contributed by atoms with Crippen LogP contribution in [0.1, 0.15) is 45.4 Å². The van der Waals surface area contributed by atoms with Gasteiger partial charge in [0.05, 0.1) is 19.2 Å². The zero-order valence-corrected chi connectivity index (χ0v) is 11.4. The molecule has 0 unspecified atom stereocenters. The molecule has 0 aromatic carbocycles. The van der Waals surface area contributed by atoms with E-state index in [0.29, 0.717) is 28.9 Å². The Labute approximate surface area is 112 Å². The highest BCUT2D eigenvalue weighted by molar-refractivity contribution is 6.00. The lowest BCUT2D eigenvalue weighted by molar-refractivity contribution is 0.0599. The standard InChI is InChI=1S/C14H18N2O3/c1-5-7-10-11(14(18)19-4)9(3)16-12(10)13(17)15-8-6-2/h2,16H,5,7-8H2,1,3-4H3,(H,15,17). The minimum absolute atomic E-state index is 0.149. The molecule has 0 atom stereocenters. The molecule has 1 aromatic heterocycles. The van der Waals surface area contributed by atoms with Crippen LogP contribution < -0.4 is 5.32 Å². The number of carbonyl (C=O) groups excluding carboxylic acids is 2. The molecule has 0 spiro atoms. The van der Waals surface area contributed by atoms with Crippen LogP contribution in [0.3, 0.4) is 0 Å². The molecular weight excluding hydrogens is 244 g/mol. The van der Waals surface area contributed by atoms with Gasteiger partial charge in [0.1, 0.15) is 5.69 Å². The van der Waals surface area contributed by atoms with Crippen molar-refractivity contribution >= 4 is 11.9 Å². The molecule has 0 aliphatic carbocycles. The van der Waals surface area contributed by atoms with Gasteiger partial charge in [-0.2, -0.15) is 0 Å². The van der Waals surface area contributed by atoms with Gasteiger partial charge in [-0.15, -0.1) is 6.42 Å². The number of rotatable bonds is 5. The lowest BCUT2D eigenvalue weighted by atomic mass is 10.0. The van der Waals surface area contributed by atoms with Gasteiger partial charge in [-0.3, -0.25) is 4.79 Å². The number of ether oxygens (including phenoxy) is 1. The Morgan fingerprint density at radius 3 is 2.68 bits per heavy atom. The lowest BCUT2D eigenvalue weighted by Crippen LogP contribution is -2.25. The molecule has 0 radical (unpaired) electrons. The van der Waals surface area contributed by atoms with Crippen molar-refractivity contribution in [2.45, 2.75) is 26.7 Å². The fraction of sp³-hybridized carbons (Fsp3) is 0.429. The number of nitrogens with one attached hydrogen (secondary N) is 2. The Balaban J connectivity index is 3.22. The number of methoxy groups -OCH3 is 1. The zero-order chi connectivity index (χ0) is 14.4. The number of terminal acetylenes is 1. The number of aromatic amines is 1. The maximum absolute atomic E-state index is 12.0. The molecule has 5 heteroatoms. The van der Waals surface area contributed by atoms with Crippen molar-refractivity contribution in [3.05, 3.63) is 22.5 Å². The summed E-state index contributed by atoms with van der Waals surface area (Å²) in [5, 5.41) is 2.59. The normalized spacial score (nSPS) is 9.79. The first kappa shape index (κ1) is 14.8. The summed E-state index contributed by atoms with van der Waals surface area (Å²) in [4.78, 5) is 26.7. The number of aromatic nitrogens is 1. The highest BCUT2D eigenvalue weighted by Gasteiger charge is 2.24. The summed E-state index contributed by atoms with van der Waals surface area (Å²) >= 11 is 0. The minimum Gasteiger partial charge on any atom is -0.465 e. The summed E-state index contributed by atoms with van der Waals surface area (Å²) in [6.45, 7) is 3.87. The molecule has 2 N–H and O–H groups in total. The first-order chi connectivity index (χ1) is 9.06. The molecule has 0 bridgehead atoms. The van der Waals surface area contributed by atoms with Crippen molar-refractivity contribution in [1.82, 2.24) is 10.3 Å². The number of amides is 1. The topological polar surface area (TPSA) is 71.2 Å². The van der Waals surface area contributed by atoms with E-state index in [-0.39, 0.29) is 12.5 Å². The van der Waals surface area contributed by atoms with Crippen molar-refractivity contribution in [1.29, 1.82) is 0 Å². The summed E-state index contributed by atoms with van der Waals surface area (Å²) in [6, 6.07) is 0. The summed E-state index contributed by atoms with van der Waals surface area (Å²) in [7, 11) is 1.32. The molecule has 0 aliphatic heterocycles. The van der Waals surface area contributed by atoms with Gasteiger partial charge >= 0.3 is 5.97 Å². The van der Waals surface area contributed by atoms with Crippen LogP contribution in [0.4, 0.5) is 0 Å². The number of aryl methyl sites for hydroxylation is 1. The summed E-state index contributed by atoms with van der Waals surface area (Å²) < 4.78 is 4.76. The van der Waals surface area contributed by atoms with Gasteiger partial charge in [0.2, 0.25) is 0 Å². The van der Waals surface area contributed by atoms with E-state index in [2.05, 4.69) is 16.2 Å². The summed E-state index contributed by atoms with van der Waals surface area (Å²) in [5.41, 5.74) is 2.13. The van der Waals surface area contributed by atoms with E-state index in [4.69, 9.17) is 11.2 Å². The van der Waals surface area contributed by atoms with Crippen molar-refractivity contribution in [3.63, 3.8) is 0 Å². The maximum Gasteiger partial charge on any atom is 0.339 e. The first-order valence-corrected chi connectivity index (χ1v) is 6.08. The van der Waals surface area contributed by atoms with Gasteiger partial charge in [0.25, 0.3) is 5.91 Å². The number of hydrogen-bond donors (Lipinski definition) is 2. The van der Waals surface area contributed by atoms with E-state index in [1.54, 1.807) is 6.92 Å². The fourth-order valence-corrected chi connectivity index (χ4v) is 1.97. The van der Waals surface area contributed by atoms with Gasteiger partial charge in [-0.1, -0.05) is 19.3 Å². The van der Waals surface area contributed by atoms with Gasteiger partial charge < -0.3 is 15.0 Å². The number of H-pyrrole nitrogens is 1. The SMILES string of the molecule is C#CCNC(=O)c1[nH]c(C)c(C(=O)OC)c1CCC. The number of esters is 1. The van der Waals surface area contributed by atoms with Gasteiger partial charge in [-0.05, 0) is 18.9 Å². The molecule has 1 rings (SSSR count). The Bertz CT molecular complexity index is 524. The molecule has 0 aliphatic rings. The van der Waals surface area contributed by atoms with Crippen LogP contribution in [0.5, 0.6) is 0 Å². The Morgan fingerprint density at radius 1 is 1.47 bits per heavy atom. The van der Waals surface area contributed by atoms with Crippen LogP contribution in [-0.4, -0.2) is 30.5 Å². The third kappa shape index (κ3) is 3.16. The average Bonchev–Trinajstić information content (AvgIpc) is 2.72. The highest BCUT2D eigenvalue weighted by Crippen LogP contribution is 2.21. The average molecular weight is 262 g/mol. The van der Waals surface area contributed by atoms with Crippen LogP contribution in [0.2, 0.25) is 0 Å². The molecule has 102 valence electrons. The molecule has 19 heavy (non-hydrogen) atoms. The first-order valence-electron chi connectivity index (χ1n) is 6.08. The van der Waals surface area contributed by atoms with Crippen LogP contribution >= 0.6 is 0 Å². The molecule has 1 heterocycles. The van der Waals surface area contributed by atoms with E-state index < -0.39 is 5.97 Å². The van der Waals surface area contributed by atoms with Crippen LogP contribution in [0.15, 0.2) is 0 Å². The van der Waals surface area contributed by atoms with E-state index in [0.717, 1.165) is 6.42 Å². The third-order valence-corrected chi connectivity index (χ3v) is 2.76. The van der Waals surface area contributed by atoms with E-state index in [1.165, 1.54) is 7.11 Å². The quantitative estimate of drug-likeness (QED) is 0.623. The smallest absolute Gasteiger partial charge is 0.339 e. The largest absolute Gasteiger partial charge is 0.465 e. The van der Waals surface area contributed by atoms with E-state index >= 15 is 0 Å². The molecular formula is C14H18N2O3. The van der Waals surface area contributed by atoms with Crippen LogP contribution in [0.25, 0.3) is 0 Å². The lowest BCUT2D eigenvalue weighted by Gasteiger charge is -2.05. The fourth-order valence-electron chi connectivity index (χ4n) is 1.97. The second-order valence-electron chi connectivity index (χ2n) is 4.11. The highest BCUT2D eigenvalue weighted by atomic mass is 16.5. The third-order valence-electron chi connectivity index (χ3n) is 2.76. The predicted molar refractivity (Wildman–Crippen MR) is 72.0 cm³/mol. The Kier molecular flexibility index (Phi) is 5.19. The van der Waals surface area contributed by atoms with Gasteiger partial charge in [-0.25, -0.2) is 4.79 Å². The maximum atomic E-state index is 12.0. The van der Waals surface area contributed by atoms with Crippen molar-refractivity contribution in [2.24, 2.45) is 0 Å². The molecule has 0 fully saturated rings. The number of carbonyl (C=O) groups is 2. The summed E-state index contributed by atoms with van der Waals surface area (Å²) in [6.07, 6.45) is 6.54. The second-order valence-corrected chi connectivity index (χ2v) is 4.11. The van der Waals surface area contributed by atoms with E-state index in [9.17, 15) is 9.59 Å². The van der Waals surface area contributed by atoms with Crippen LogP contribution in [-0.2, 0) is 11.2 Å². The van der Waals surface area contributed by atoms with Gasteiger partial charge in [0, 0.05) is 5.69 Å². The van der Waals surface area contributed by atoms with Crippen molar-refractivity contribution in [3.8, 4) is 12.3 Å². The van der Waals surface area contributed by atoms with Gasteiger partial charge in [0.15, 0.2) is 0 Å². The zero-order valence-electron chi connectivity index (χ0n) is 11.4. The predicted octanol–water partition coefficient (Wildman–Crippen LogP) is 1.43. The molecule has 1 aromatic rings. The molecule has 0 saturated carbocycles. The molecule has 1 amide bonds. The van der Waals surface area contributed by atoms with Crippen molar-refractivity contribution in [2.75, 3.05) is 13.7 Å². The second kappa shape index (κ2) is 6.64. The summed E-state index contributed by atoms with van der Waals surface area (Å²) in [5.74, 6) is 1.59. The monoisotopic (exact) mass is 262 g/mol. The number of hydrogen-bond acceptors (Lipinski definition) is 3. The molecule has 5 nitrogen and oxygen atoms in total. The Hall–Kier alpha value is -2.22. The van der Waals surface area contributed by atoms with Crippen molar-refractivity contribution < 1.29 is 14.3 Å². The molecule has 0 saturated heterocycles.